The van der Waals surface area contributed by atoms with Crippen LogP contribution in [0.15, 0.2) is 24.3 Å². The minimum absolute atomic E-state index is 0.240. The van der Waals surface area contributed by atoms with E-state index in [1.54, 1.807) is 0 Å². The third-order valence-electron chi connectivity index (χ3n) is 4.57. The maximum Gasteiger partial charge on any atom is 0.227 e. The molecule has 2 aliphatic rings. The lowest BCUT2D eigenvalue weighted by molar-refractivity contribution is -0.117. The van der Waals surface area contributed by atoms with Crippen LogP contribution >= 0.6 is 0 Å². The summed E-state index contributed by atoms with van der Waals surface area (Å²) < 4.78 is 0. The maximum atomic E-state index is 11.7. The molecule has 4 nitrogen and oxygen atoms in total. The van der Waals surface area contributed by atoms with E-state index < -0.39 is 0 Å². The highest BCUT2D eigenvalue weighted by Gasteiger charge is 2.26. The molecule has 2 unspecified atom stereocenters. The van der Waals surface area contributed by atoms with Crippen LogP contribution in [0.2, 0.25) is 0 Å². The molecule has 0 aromatic heterocycles. The fourth-order valence-corrected chi connectivity index (χ4v) is 3.38. The number of nitrogens with one attached hydrogen (secondary N) is 1. The standard InChI is InChI=1S/C16H23N3O/c17-11-12-3-1-4-15(12)18-13-6-8-14(9-7-13)19-10-2-5-16(19)20/h6-9,12,15,18H,1-5,10-11,17H2. The van der Waals surface area contributed by atoms with E-state index >= 15 is 0 Å². The monoisotopic (exact) mass is 273 g/mol. The van der Waals surface area contributed by atoms with E-state index in [4.69, 9.17) is 5.73 Å². The van der Waals surface area contributed by atoms with E-state index in [9.17, 15) is 4.79 Å². The molecule has 1 saturated heterocycles. The van der Waals surface area contributed by atoms with Crippen molar-refractivity contribution >= 4 is 17.3 Å². The van der Waals surface area contributed by atoms with Gasteiger partial charge in [0.1, 0.15) is 0 Å². The summed E-state index contributed by atoms with van der Waals surface area (Å²) in [5.74, 6) is 0.833. The second-order valence-corrected chi connectivity index (χ2v) is 5.87. The molecule has 2 atom stereocenters. The van der Waals surface area contributed by atoms with Crippen molar-refractivity contribution < 1.29 is 4.79 Å². The van der Waals surface area contributed by atoms with Gasteiger partial charge in [0.2, 0.25) is 5.91 Å². The number of hydrogen-bond acceptors (Lipinski definition) is 3. The van der Waals surface area contributed by atoms with Gasteiger partial charge in [0.25, 0.3) is 0 Å². The zero-order valence-corrected chi connectivity index (χ0v) is 11.8. The van der Waals surface area contributed by atoms with Gasteiger partial charge in [-0.2, -0.15) is 0 Å². The molecule has 0 spiro atoms. The highest BCUT2D eigenvalue weighted by Crippen LogP contribution is 2.29. The molecule has 1 heterocycles. The van der Waals surface area contributed by atoms with E-state index in [0.717, 1.165) is 30.9 Å². The van der Waals surface area contributed by atoms with Gasteiger partial charge in [-0.05, 0) is 56.0 Å². The zero-order valence-electron chi connectivity index (χ0n) is 11.8. The first-order valence-electron chi connectivity index (χ1n) is 7.65. The Hall–Kier alpha value is -1.55. The highest BCUT2D eigenvalue weighted by molar-refractivity contribution is 5.95. The zero-order chi connectivity index (χ0) is 13.9. The Kier molecular flexibility index (Phi) is 3.92. The second-order valence-electron chi connectivity index (χ2n) is 5.87. The molecule has 4 heteroatoms. The molecule has 0 radical (unpaired) electrons. The molecular formula is C16H23N3O. The van der Waals surface area contributed by atoms with Gasteiger partial charge in [-0.1, -0.05) is 6.42 Å². The smallest absolute Gasteiger partial charge is 0.227 e. The Morgan fingerprint density at radius 2 is 2.00 bits per heavy atom. The van der Waals surface area contributed by atoms with Crippen molar-refractivity contribution in [2.75, 3.05) is 23.3 Å². The number of rotatable bonds is 4. The van der Waals surface area contributed by atoms with E-state index in [2.05, 4.69) is 17.4 Å². The first kappa shape index (κ1) is 13.4. The molecule has 1 aliphatic carbocycles. The van der Waals surface area contributed by atoms with Crippen LogP contribution in [0.1, 0.15) is 32.1 Å². The molecule has 0 bridgehead atoms. The minimum Gasteiger partial charge on any atom is -0.382 e. The quantitative estimate of drug-likeness (QED) is 0.885. The number of carbonyl (C=O) groups excluding carboxylic acids is 1. The number of anilines is 2. The molecule has 1 saturated carbocycles. The van der Waals surface area contributed by atoms with Crippen LogP contribution in [0.25, 0.3) is 0 Å². The summed E-state index contributed by atoms with van der Waals surface area (Å²) >= 11 is 0. The maximum absolute atomic E-state index is 11.7. The lowest BCUT2D eigenvalue weighted by Crippen LogP contribution is -2.29. The fraction of sp³-hybridized carbons (Fsp3) is 0.562. The van der Waals surface area contributed by atoms with Gasteiger partial charge in [-0.25, -0.2) is 0 Å². The normalized spacial score (nSPS) is 26.2. The van der Waals surface area contributed by atoms with Gasteiger partial charge in [-0.3, -0.25) is 4.79 Å². The summed E-state index contributed by atoms with van der Waals surface area (Å²) in [5, 5.41) is 3.59. The topological polar surface area (TPSA) is 58.4 Å². The van der Waals surface area contributed by atoms with Crippen molar-refractivity contribution in [3.63, 3.8) is 0 Å². The lowest BCUT2D eigenvalue weighted by atomic mass is 10.0. The Balaban J connectivity index is 1.65. The van der Waals surface area contributed by atoms with E-state index in [0.29, 0.717) is 18.4 Å². The largest absolute Gasteiger partial charge is 0.382 e. The second kappa shape index (κ2) is 5.83. The number of benzene rings is 1. The predicted octanol–water partition coefficient (Wildman–Crippen LogP) is 2.35. The third-order valence-corrected chi connectivity index (χ3v) is 4.57. The van der Waals surface area contributed by atoms with Crippen LogP contribution in [0.3, 0.4) is 0 Å². The van der Waals surface area contributed by atoms with Gasteiger partial charge < -0.3 is 16.0 Å². The van der Waals surface area contributed by atoms with Crippen LogP contribution in [0, 0.1) is 5.92 Å². The number of hydrogen-bond donors (Lipinski definition) is 2. The van der Waals surface area contributed by atoms with E-state index in [1.165, 1.54) is 19.3 Å². The summed E-state index contributed by atoms with van der Waals surface area (Å²) in [7, 11) is 0. The first-order chi connectivity index (χ1) is 9.78. The van der Waals surface area contributed by atoms with E-state index in [-0.39, 0.29) is 5.91 Å². The molecule has 108 valence electrons. The predicted molar refractivity (Wildman–Crippen MR) is 81.8 cm³/mol. The van der Waals surface area contributed by atoms with E-state index in [1.807, 2.05) is 17.0 Å². The molecule has 1 amide bonds. The average molecular weight is 273 g/mol. The van der Waals surface area contributed by atoms with Crippen molar-refractivity contribution in [1.29, 1.82) is 0 Å². The molecule has 1 aromatic carbocycles. The summed E-state index contributed by atoms with van der Waals surface area (Å²) in [6, 6.07) is 8.73. The summed E-state index contributed by atoms with van der Waals surface area (Å²) in [6.07, 6.45) is 5.35. The Labute approximate surface area is 120 Å². The summed E-state index contributed by atoms with van der Waals surface area (Å²) in [5.41, 5.74) is 7.96. The van der Waals surface area contributed by atoms with Gasteiger partial charge >= 0.3 is 0 Å². The molecule has 3 rings (SSSR count). The Morgan fingerprint density at radius 1 is 1.20 bits per heavy atom. The molecule has 2 fully saturated rings. The van der Waals surface area contributed by atoms with Gasteiger partial charge in [0.05, 0.1) is 0 Å². The number of nitrogens with zero attached hydrogens (tertiary/aromatic N) is 1. The minimum atomic E-state index is 0.240. The average Bonchev–Trinajstić information content (AvgIpc) is 3.08. The van der Waals surface area contributed by atoms with Crippen molar-refractivity contribution in [2.24, 2.45) is 11.7 Å². The SMILES string of the molecule is NCC1CCCC1Nc1ccc(N2CCCC2=O)cc1. The van der Waals surface area contributed by atoms with Gasteiger partial charge in [-0.15, -0.1) is 0 Å². The van der Waals surface area contributed by atoms with Crippen LogP contribution in [0.4, 0.5) is 11.4 Å². The van der Waals surface area contributed by atoms with Crippen LogP contribution in [0.5, 0.6) is 0 Å². The molecule has 20 heavy (non-hydrogen) atoms. The number of carbonyl (C=O) groups is 1. The number of nitrogens with two attached hydrogens (primary N) is 1. The van der Waals surface area contributed by atoms with Gasteiger partial charge in [0.15, 0.2) is 0 Å². The van der Waals surface area contributed by atoms with Crippen LogP contribution in [-0.4, -0.2) is 25.0 Å². The molecule has 1 aliphatic heterocycles. The summed E-state index contributed by atoms with van der Waals surface area (Å²) in [6.45, 7) is 1.61. The van der Waals surface area contributed by atoms with Gasteiger partial charge in [0, 0.05) is 30.4 Å². The van der Waals surface area contributed by atoms with Crippen molar-refractivity contribution in [3.05, 3.63) is 24.3 Å². The Morgan fingerprint density at radius 3 is 2.65 bits per heavy atom. The number of amides is 1. The van der Waals surface area contributed by atoms with Crippen molar-refractivity contribution in [2.45, 2.75) is 38.1 Å². The van der Waals surface area contributed by atoms with Crippen molar-refractivity contribution in [1.82, 2.24) is 0 Å². The van der Waals surface area contributed by atoms with Crippen LogP contribution in [-0.2, 0) is 4.79 Å². The van der Waals surface area contributed by atoms with Crippen molar-refractivity contribution in [3.8, 4) is 0 Å². The molecule has 1 aromatic rings. The first-order valence-corrected chi connectivity index (χ1v) is 7.65. The molecular weight excluding hydrogens is 250 g/mol. The summed E-state index contributed by atoms with van der Waals surface area (Å²) in [4.78, 5) is 13.6. The lowest BCUT2D eigenvalue weighted by Gasteiger charge is -2.21. The molecule has 3 N–H and O–H groups in total. The third kappa shape index (κ3) is 2.66. The Bertz CT molecular complexity index is 471. The van der Waals surface area contributed by atoms with Crippen LogP contribution < -0.4 is 16.0 Å². The fourth-order valence-electron chi connectivity index (χ4n) is 3.38. The highest BCUT2D eigenvalue weighted by atomic mass is 16.2.